The molecule has 2 atom stereocenters. The molecular formula is C17H18F2N4O3. The van der Waals surface area contributed by atoms with Crippen molar-refractivity contribution in [2.45, 2.75) is 25.5 Å². The highest BCUT2D eigenvalue weighted by Gasteiger charge is 2.35. The minimum atomic E-state index is -0.788. The second kappa shape index (κ2) is 7.15. The van der Waals surface area contributed by atoms with Crippen molar-refractivity contribution < 1.29 is 23.1 Å². The molecule has 0 saturated carbocycles. The lowest BCUT2D eigenvalue weighted by Gasteiger charge is -2.21. The SMILES string of the molecule is [C-]#[N+]C1CCN(c2c(F)cc(N3C[C@H](CNC(C)=O)OC3=O)cc2F)C1. The average molecular weight is 364 g/mol. The van der Waals surface area contributed by atoms with Gasteiger partial charge in [0.15, 0.2) is 11.6 Å². The summed E-state index contributed by atoms with van der Waals surface area (Å²) < 4.78 is 34.2. The van der Waals surface area contributed by atoms with Crippen LogP contribution in [0.2, 0.25) is 0 Å². The lowest BCUT2D eigenvalue weighted by Crippen LogP contribution is -2.33. The highest BCUT2D eigenvalue weighted by atomic mass is 19.1. The van der Waals surface area contributed by atoms with Crippen LogP contribution in [0.5, 0.6) is 0 Å². The van der Waals surface area contributed by atoms with E-state index in [0.717, 1.165) is 17.0 Å². The van der Waals surface area contributed by atoms with Crippen LogP contribution >= 0.6 is 0 Å². The Kier molecular flexibility index (Phi) is 4.93. The van der Waals surface area contributed by atoms with Gasteiger partial charge in [-0.1, -0.05) is 0 Å². The normalized spacial score (nSPS) is 22.3. The largest absolute Gasteiger partial charge is 0.442 e. The Morgan fingerprint density at radius 1 is 1.38 bits per heavy atom. The third kappa shape index (κ3) is 3.54. The van der Waals surface area contributed by atoms with Gasteiger partial charge >= 0.3 is 6.09 Å². The summed E-state index contributed by atoms with van der Waals surface area (Å²) in [4.78, 5) is 29.0. The van der Waals surface area contributed by atoms with Gasteiger partial charge in [-0.2, -0.15) is 0 Å². The fraction of sp³-hybridized carbons (Fsp3) is 0.471. The summed E-state index contributed by atoms with van der Waals surface area (Å²) in [5, 5.41) is 2.54. The number of amides is 2. The van der Waals surface area contributed by atoms with Gasteiger partial charge in [0.05, 0.1) is 25.3 Å². The van der Waals surface area contributed by atoms with Gasteiger partial charge in [-0.3, -0.25) is 9.69 Å². The lowest BCUT2D eigenvalue weighted by atomic mass is 10.2. The van der Waals surface area contributed by atoms with E-state index in [-0.39, 0.29) is 43.0 Å². The molecule has 2 aliphatic rings. The maximum atomic E-state index is 14.5. The van der Waals surface area contributed by atoms with E-state index in [4.69, 9.17) is 11.3 Å². The molecule has 3 rings (SSSR count). The molecule has 2 heterocycles. The molecule has 1 aromatic rings. The van der Waals surface area contributed by atoms with Gasteiger partial charge in [-0.15, -0.1) is 0 Å². The molecule has 26 heavy (non-hydrogen) atoms. The van der Waals surface area contributed by atoms with Crippen LogP contribution in [0.15, 0.2) is 12.1 Å². The molecule has 9 heteroatoms. The number of nitrogens with one attached hydrogen (secondary N) is 1. The van der Waals surface area contributed by atoms with Crippen LogP contribution in [0.1, 0.15) is 13.3 Å². The topological polar surface area (TPSA) is 66.2 Å². The van der Waals surface area contributed by atoms with Gasteiger partial charge in [-0.25, -0.2) is 20.1 Å². The Bertz CT molecular complexity index is 757. The van der Waals surface area contributed by atoms with E-state index in [2.05, 4.69) is 10.2 Å². The number of rotatable bonds is 4. The number of carbonyl (C=O) groups is 2. The van der Waals surface area contributed by atoms with E-state index in [0.29, 0.717) is 13.0 Å². The minimum absolute atomic E-state index is 0.0556. The summed E-state index contributed by atoms with van der Waals surface area (Å²) in [7, 11) is 0. The van der Waals surface area contributed by atoms with E-state index >= 15 is 0 Å². The molecule has 0 aromatic heterocycles. The molecule has 7 nitrogen and oxygen atoms in total. The Balaban J connectivity index is 1.77. The van der Waals surface area contributed by atoms with Gasteiger partial charge in [0, 0.05) is 32.0 Å². The fourth-order valence-electron chi connectivity index (χ4n) is 3.16. The molecule has 138 valence electrons. The smallest absolute Gasteiger partial charge is 0.414 e. The van der Waals surface area contributed by atoms with Gasteiger partial charge < -0.3 is 19.8 Å². The molecule has 2 saturated heterocycles. The molecule has 0 bridgehead atoms. The summed E-state index contributed by atoms with van der Waals surface area (Å²) in [5.41, 5.74) is -0.123. The quantitative estimate of drug-likeness (QED) is 0.829. The van der Waals surface area contributed by atoms with E-state index < -0.39 is 23.8 Å². The Morgan fingerprint density at radius 2 is 2.08 bits per heavy atom. The van der Waals surface area contributed by atoms with E-state index in [1.165, 1.54) is 11.8 Å². The van der Waals surface area contributed by atoms with Crippen molar-refractivity contribution in [3.8, 4) is 0 Å². The molecule has 2 amide bonds. The Morgan fingerprint density at radius 3 is 2.65 bits per heavy atom. The third-order valence-corrected chi connectivity index (χ3v) is 4.43. The molecule has 2 fully saturated rings. The van der Waals surface area contributed by atoms with Crippen LogP contribution in [-0.4, -0.2) is 50.3 Å². The zero-order valence-electron chi connectivity index (χ0n) is 14.2. The number of hydrogen-bond donors (Lipinski definition) is 1. The summed E-state index contributed by atoms with van der Waals surface area (Å²) in [6, 6.07) is 1.91. The van der Waals surface area contributed by atoms with Crippen LogP contribution in [0.3, 0.4) is 0 Å². The first-order valence-electron chi connectivity index (χ1n) is 8.22. The van der Waals surface area contributed by atoms with Crippen molar-refractivity contribution in [2.75, 3.05) is 36.0 Å². The van der Waals surface area contributed by atoms with E-state index in [1.54, 1.807) is 0 Å². The molecule has 1 aromatic carbocycles. The predicted octanol–water partition coefficient (Wildman–Crippen LogP) is 1.92. The molecule has 1 unspecified atom stereocenters. The van der Waals surface area contributed by atoms with Gasteiger partial charge in [-0.05, 0) is 0 Å². The number of ether oxygens (including phenoxy) is 1. The summed E-state index contributed by atoms with van der Waals surface area (Å²) in [6.45, 7) is 9.28. The number of halogens is 2. The number of nitrogens with zero attached hydrogens (tertiary/aromatic N) is 3. The van der Waals surface area contributed by atoms with Crippen molar-refractivity contribution >= 4 is 23.4 Å². The number of anilines is 2. The molecule has 0 spiro atoms. The van der Waals surface area contributed by atoms with Gasteiger partial charge in [0.25, 0.3) is 0 Å². The molecular weight excluding hydrogens is 346 g/mol. The van der Waals surface area contributed by atoms with Crippen LogP contribution in [0.25, 0.3) is 4.85 Å². The minimum Gasteiger partial charge on any atom is -0.442 e. The zero-order chi connectivity index (χ0) is 18.8. The molecule has 0 radical (unpaired) electrons. The number of carbonyl (C=O) groups excluding carboxylic acids is 2. The number of benzene rings is 1. The van der Waals surface area contributed by atoms with Crippen LogP contribution in [0.4, 0.5) is 25.0 Å². The predicted molar refractivity (Wildman–Crippen MR) is 89.9 cm³/mol. The van der Waals surface area contributed by atoms with Crippen molar-refractivity contribution in [3.05, 3.63) is 35.2 Å². The van der Waals surface area contributed by atoms with E-state index in [1.807, 2.05) is 0 Å². The van der Waals surface area contributed by atoms with Crippen molar-refractivity contribution in [1.82, 2.24) is 5.32 Å². The summed E-state index contributed by atoms with van der Waals surface area (Å²) in [6.07, 6.45) is -0.746. The molecule has 2 aliphatic heterocycles. The highest BCUT2D eigenvalue weighted by molar-refractivity contribution is 5.90. The third-order valence-electron chi connectivity index (χ3n) is 4.43. The zero-order valence-corrected chi connectivity index (χ0v) is 14.2. The first-order chi connectivity index (χ1) is 12.4. The summed E-state index contributed by atoms with van der Waals surface area (Å²) >= 11 is 0. The Labute approximate surface area is 149 Å². The first kappa shape index (κ1) is 17.9. The van der Waals surface area contributed by atoms with Crippen LogP contribution in [0, 0.1) is 18.2 Å². The average Bonchev–Trinajstić information content (AvgIpc) is 3.19. The van der Waals surface area contributed by atoms with Crippen molar-refractivity contribution in [2.24, 2.45) is 0 Å². The number of cyclic esters (lactones) is 1. The molecule has 1 N–H and O–H groups in total. The van der Waals surface area contributed by atoms with Crippen molar-refractivity contribution in [3.63, 3.8) is 0 Å². The maximum Gasteiger partial charge on any atom is 0.414 e. The maximum absolute atomic E-state index is 14.5. The number of hydrogen-bond acceptors (Lipinski definition) is 4. The monoisotopic (exact) mass is 364 g/mol. The second-order valence-corrected chi connectivity index (χ2v) is 6.33. The van der Waals surface area contributed by atoms with Gasteiger partial charge in [0.2, 0.25) is 11.9 Å². The van der Waals surface area contributed by atoms with Gasteiger partial charge in [0.1, 0.15) is 11.8 Å². The van der Waals surface area contributed by atoms with E-state index in [9.17, 15) is 18.4 Å². The van der Waals surface area contributed by atoms with Crippen LogP contribution < -0.4 is 15.1 Å². The highest BCUT2D eigenvalue weighted by Crippen LogP contribution is 2.33. The Hall–Kier alpha value is -2.89. The fourth-order valence-corrected chi connectivity index (χ4v) is 3.16. The first-order valence-corrected chi connectivity index (χ1v) is 8.22. The standard InChI is InChI=1S/C17H18F2N4O3/c1-10(24)21-7-13-9-23(17(25)26-13)12-5-14(18)16(15(19)6-12)22-4-3-11(8-22)20-2/h5-6,11,13H,3-4,7-9H2,1H3,(H,21,24)/t11?,13-/m0/s1. The van der Waals surface area contributed by atoms with Crippen molar-refractivity contribution in [1.29, 1.82) is 0 Å². The molecule has 0 aliphatic carbocycles. The lowest BCUT2D eigenvalue weighted by molar-refractivity contribution is -0.119. The summed E-state index contributed by atoms with van der Waals surface area (Å²) in [5.74, 6) is -1.84. The second-order valence-electron chi connectivity index (χ2n) is 6.33. The van der Waals surface area contributed by atoms with Crippen LogP contribution in [-0.2, 0) is 9.53 Å².